The fourth-order valence-corrected chi connectivity index (χ4v) is 6.25. The molecule has 2 aromatic carbocycles. The standard InChI is InChI=1S/2C18H20N6O5.H2O/c2*19-15-11-16(22-8-21-15)24(9-23-11)18-13(26)12(25)14(29-18)17(27)20-6-7-28-10-4-2-1-3-5-10;/h2*1-5,8-9,12-14,18,25-26H,6-7H2,(H,20,27)(H2,19,21,22);1H2/t2*12-,13+,14-,18?;/m00./s1. The number of carbonyl (C=O) groups is 2. The summed E-state index contributed by atoms with van der Waals surface area (Å²) in [5, 5.41) is 46.6. The second-order valence-electron chi connectivity index (χ2n) is 12.9. The number of para-hydroxylation sites is 2. The van der Waals surface area contributed by atoms with E-state index >= 15 is 0 Å². The molecule has 0 saturated carbocycles. The van der Waals surface area contributed by atoms with Crippen molar-refractivity contribution >= 4 is 45.8 Å². The van der Waals surface area contributed by atoms with Gasteiger partial charge in [0.15, 0.2) is 47.6 Å². The molecule has 0 bridgehead atoms. The van der Waals surface area contributed by atoms with Crippen LogP contribution < -0.4 is 31.6 Å². The molecule has 312 valence electrons. The van der Waals surface area contributed by atoms with E-state index in [4.69, 9.17) is 30.4 Å². The van der Waals surface area contributed by atoms with Gasteiger partial charge in [0, 0.05) is 0 Å². The molecule has 8 rings (SSSR count). The van der Waals surface area contributed by atoms with Crippen molar-refractivity contribution in [2.45, 2.75) is 49.1 Å². The maximum Gasteiger partial charge on any atom is 0.252 e. The quantitative estimate of drug-likeness (QED) is 0.0598. The molecule has 2 unspecified atom stereocenters. The van der Waals surface area contributed by atoms with E-state index in [1.54, 1.807) is 24.3 Å². The van der Waals surface area contributed by atoms with Crippen LogP contribution in [0.1, 0.15) is 12.5 Å². The van der Waals surface area contributed by atoms with Crippen molar-refractivity contribution in [1.82, 2.24) is 49.7 Å². The van der Waals surface area contributed by atoms with Gasteiger partial charge in [-0.05, 0) is 24.3 Å². The molecule has 2 saturated heterocycles. The summed E-state index contributed by atoms with van der Waals surface area (Å²) in [7, 11) is 0. The number of aliphatic hydroxyl groups excluding tert-OH is 4. The second-order valence-corrected chi connectivity index (χ2v) is 12.9. The summed E-state index contributed by atoms with van der Waals surface area (Å²) in [6.07, 6.45) is -4.96. The summed E-state index contributed by atoms with van der Waals surface area (Å²) in [6, 6.07) is 18.3. The van der Waals surface area contributed by atoms with Crippen molar-refractivity contribution < 1.29 is 54.4 Å². The third-order valence-corrected chi connectivity index (χ3v) is 9.14. The van der Waals surface area contributed by atoms with Crippen molar-refractivity contribution in [3.63, 3.8) is 0 Å². The van der Waals surface area contributed by atoms with Gasteiger partial charge in [0.25, 0.3) is 11.8 Å². The lowest BCUT2D eigenvalue weighted by Crippen LogP contribution is -2.43. The van der Waals surface area contributed by atoms with Gasteiger partial charge in [-0.1, -0.05) is 36.4 Å². The molecule has 23 heteroatoms. The lowest BCUT2D eigenvalue weighted by atomic mass is 10.1. The first kappa shape index (κ1) is 42.0. The van der Waals surface area contributed by atoms with E-state index in [1.165, 1.54) is 34.4 Å². The van der Waals surface area contributed by atoms with Crippen LogP contribution in [0.3, 0.4) is 0 Å². The van der Waals surface area contributed by atoms with Crippen LogP contribution in [0.15, 0.2) is 86.0 Å². The van der Waals surface area contributed by atoms with Crippen molar-refractivity contribution in [2.75, 3.05) is 37.8 Å². The highest BCUT2D eigenvalue weighted by atomic mass is 16.6. The molecule has 2 aliphatic heterocycles. The first-order valence-electron chi connectivity index (χ1n) is 17.9. The number of carbonyl (C=O) groups excluding carboxylic acids is 2. The Hall–Kier alpha value is -6.60. The minimum Gasteiger partial charge on any atom is -0.492 e. The van der Waals surface area contributed by atoms with Crippen LogP contribution in [0, 0.1) is 0 Å². The zero-order valence-corrected chi connectivity index (χ0v) is 31.0. The van der Waals surface area contributed by atoms with Crippen LogP contribution in [0.25, 0.3) is 22.3 Å². The predicted molar refractivity (Wildman–Crippen MR) is 205 cm³/mol. The number of benzene rings is 2. The summed E-state index contributed by atoms with van der Waals surface area (Å²) in [5.41, 5.74) is 12.8. The average Bonchev–Trinajstić information content (AvgIpc) is 4.01. The van der Waals surface area contributed by atoms with Crippen LogP contribution in [-0.2, 0) is 19.1 Å². The molecule has 6 heterocycles. The fourth-order valence-electron chi connectivity index (χ4n) is 6.25. The van der Waals surface area contributed by atoms with Crippen LogP contribution in [0.2, 0.25) is 0 Å². The second kappa shape index (κ2) is 18.8. The Morgan fingerprint density at radius 2 is 1.00 bits per heavy atom. The SMILES string of the molecule is Nc1ncnc2c1ncn2C1O[C@H](C(=O)NCCOc2ccccc2)[C@@H](O)[C@H]1O.Nc1ncnc2c1ncn2C1O[C@H](C(=O)NCCOc2ccccc2)[C@@H](O)[C@H]1O.O. The fraction of sp³-hybridized carbons (Fsp3) is 0.333. The van der Waals surface area contributed by atoms with Gasteiger partial charge >= 0.3 is 0 Å². The van der Waals surface area contributed by atoms with Gasteiger partial charge < -0.3 is 67.0 Å². The van der Waals surface area contributed by atoms with E-state index in [1.807, 2.05) is 36.4 Å². The van der Waals surface area contributed by atoms with E-state index in [0.717, 1.165) is 0 Å². The summed E-state index contributed by atoms with van der Waals surface area (Å²) in [6.45, 7) is 0.900. The molecule has 0 aliphatic carbocycles. The van der Waals surface area contributed by atoms with Gasteiger partial charge in [0.2, 0.25) is 0 Å². The number of nitrogen functional groups attached to an aromatic ring is 2. The Morgan fingerprint density at radius 1 is 0.610 bits per heavy atom. The maximum absolute atomic E-state index is 12.4. The predicted octanol–water partition coefficient (Wildman–Crippen LogP) is -2.38. The maximum atomic E-state index is 12.4. The number of hydrogen-bond donors (Lipinski definition) is 8. The zero-order valence-electron chi connectivity index (χ0n) is 31.0. The third kappa shape index (κ3) is 9.10. The molecular formula is C36H42N12O11. The van der Waals surface area contributed by atoms with Crippen molar-refractivity contribution in [2.24, 2.45) is 0 Å². The number of fused-ring (bicyclic) bond motifs is 2. The number of anilines is 2. The molecule has 2 aliphatic rings. The van der Waals surface area contributed by atoms with Crippen molar-refractivity contribution in [3.8, 4) is 11.5 Å². The van der Waals surface area contributed by atoms with E-state index in [0.29, 0.717) is 33.8 Å². The summed E-state index contributed by atoms with van der Waals surface area (Å²) in [4.78, 5) is 48.9. The normalized spacial score (nSPS) is 23.5. The molecule has 8 atom stereocenters. The monoisotopic (exact) mass is 818 g/mol. The molecule has 2 fully saturated rings. The summed E-state index contributed by atoms with van der Waals surface area (Å²) < 4.78 is 25.1. The number of rotatable bonds is 12. The van der Waals surface area contributed by atoms with Gasteiger partial charge in [-0.3, -0.25) is 18.7 Å². The Kier molecular flexibility index (Phi) is 13.4. The lowest BCUT2D eigenvalue weighted by molar-refractivity contribution is -0.138. The molecular weight excluding hydrogens is 776 g/mol. The van der Waals surface area contributed by atoms with Gasteiger partial charge in [0.1, 0.15) is 72.8 Å². The highest BCUT2D eigenvalue weighted by Crippen LogP contribution is 2.33. The Balaban J connectivity index is 0.000000195. The van der Waals surface area contributed by atoms with Crippen LogP contribution in [-0.4, -0.2) is 140 Å². The zero-order chi connectivity index (χ0) is 40.8. The van der Waals surface area contributed by atoms with Gasteiger partial charge in [0.05, 0.1) is 25.7 Å². The lowest BCUT2D eigenvalue weighted by Gasteiger charge is -2.16. The molecule has 59 heavy (non-hydrogen) atoms. The van der Waals surface area contributed by atoms with E-state index in [-0.39, 0.29) is 43.4 Å². The van der Waals surface area contributed by atoms with Gasteiger partial charge in [-0.15, -0.1) is 0 Å². The van der Waals surface area contributed by atoms with Gasteiger partial charge in [-0.2, -0.15) is 0 Å². The van der Waals surface area contributed by atoms with Gasteiger partial charge in [-0.25, -0.2) is 29.9 Å². The Bertz CT molecular complexity index is 2160. The Morgan fingerprint density at radius 3 is 1.39 bits per heavy atom. The molecule has 12 N–H and O–H groups in total. The number of hydrogen-bond acceptors (Lipinski definition) is 18. The number of amides is 2. The van der Waals surface area contributed by atoms with Crippen molar-refractivity contribution in [1.29, 1.82) is 0 Å². The van der Waals surface area contributed by atoms with Crippen LogP contribution in [0.4, 0.5) is 11.6 Å². The number of nitrogens with zero attached hydrogens (tertiary/aromatic N) is 8. The minimum absolute atomic E-state index is 0. The number of nitrogens with two attached hydrogens (primary N) is 2. The molecule has 2 amide bonds. The topological polar surface area (TPSA) is 347 Å². The highest BCUT2D eigenvalue weighted by Gasteiger charge is 2.49. The largest absolute Gasteiger partial charge is 0.492 e. The molecule has 23 nitrogen and oxygen atoms in total. The number of aromatic nitrogens is 8. The van der Waals surface area contributed by atoms with E-state index in [9.17, 15) is 30.0 Å². The first-order valence-corrected chi connectivity index (χ1v) is 17.9. The molecule has 0 spiro atoms. The molecule has 4 aromatic heterocycles. The van der Waals surface area contributed by atoms with Crippen LogP contribution in [0.5, 0.6) is 11.5 Å². The highest BCUT2D eigenvalue weighted by molar-refractivity contribution is 5.84. The molecule has 6 aromatic rings. The number of nitrogens with one attached hydrogen (secondary N) is 2. The smallest absolute Gasteiger partial charge is 0.252 e. The number of aliphatic hydroxyl groups is 4. The first-order chi connectivity index (χ1) is 28.1. The number of imidazole rings is 2. The summed E-state index contributed by atoms with van der Waals surface area (Å²) in [5.74, 6) is 0.595. The molecule has 0 radical (unpaired) electrons. The average molecular weight is 819 g/mol. The van der Waals surface area contributed by atoms with E-state index in [2.05, 4.69) is 40.5 Å². The summed E-state index contributed by atoms with van der Waals surface area (Å²) >= 11 is 0. The van der Waals surface area contributed by atoms with E-state index < -0.39 is 60.9 Å². The van der Waals surface area contributed by atoms with Crippen molar-refractivity contribution in [3.05, 3.63) is 86.0 Å². The number of ether oxygens (including phenoxy) is 4. The van der Waals surface area contributed by atoms with Crippen LogP contribution >= 0.6 is 0 Å². The Labute approximate surface area is 333 Å². The third-order valence-electron chi connectivity index (χ3n) is 9.14. The minimum atomic E-state index is -1.42.